The van der Waals surface area contributed by atoms with Gasteiger partial charge in [-0.15, -0.1) is 0 Å². The summed E-state index contributed by atoms with van der Waals surface area (Å²) >= 11 is 0. The zero-order chi connectivity index (χ0) is 11.4. The number of benzene rings is 1. The second-order valence-electron chi connectivity index (χ2n) is 3.43. The van der Waals surface area contributed by atoms with Crippen LogP contribution < -0.4 is 0 Å². The van der Waals surface area contributed by atoms with Gasteiger partial charge in [-0.05, 0) is 31.4 Å². The van der Waals surface area contributed by atoms with Crippen LogP contribution in [0, 0.1) is 15.9 Å². The maximum Gasteiger partial charge on any atom is 0.305 e. The van der Waals surface area contributed by atoms with E-state index in [2.05, 4.69) is 0 Å². The lowest BCUT2D eigenvalue weighted by Crippen LogP contribution is -2.02. The van der Waals surface area contributed by atoms with Gasteiger partial charge in [-0.25, -0.2) is 0 Å². The van der Waals surface area contributed by atoms with Crippen molar-refractivity contribution in [3.63, 3.8) is 0 Å². The van der Waals surface area contributed by atoms with Crippen molar-refractivity contribution in [2.24, 2.45) is 0 Å². The predicted molar refractivity (Wildman–Crippen MR) is 53.1 cm³/mol. The summed E-state index contributed by atoms with van der Waals surface area (Å²) < 4.78 is 12.9. The third-order valence-corrected chi connectivity index (χ3v) is 2.06. The number of nitro benzene ring substituents is 1. The second kappa shape index (κ2) is 4.84. The Morgan fingerprint density at radius 3 is 2.80 bits per heavy atom. The Balaban J connectivity index is 2.83. The molecule has 0 aliphatic heterocycles. The van der Waals surface area contributed by atoms with Crippen molar-refractivity contribution in [3.8, 4) is 0 Å². The van der Waals surface area contributed by atoms with Crippen LogP contribution in [0.1, 0.15) is 18.9 Å². The van der Waals surface area contributed by atoms with Crippen LogP contribution >= 0.6 is 0 Å². The largest absolute Gasteiger partial charge is 0.393 e. The molecule has 4 nitrogen and oxygen atoms in total. The molecule has 5 heteroatoms. The smallest absolute Gasteiger partial charge is 0.305 e. The number of hydrogen-bond donors (Lipinski definition) is 1. The second-order valence-corrected chi connectivity index (χ2v) is 3.43. The van der Waals surface area contributed by atoms with Gasteiger partial charge < -0.3 is 5.11 Å². The summed E-state index contributed by atoms with van der Waals surface area (Å²) in [5.74, 6) is -0.833. The van der Waals surface area contributed by atoms with Crippen molar-refractivity contribution in [1.82, 2.24) is 0 Å². The summed E-state index contributed by atoms with van der Waals surface area (Å²) in [7, 11) is 0. The third-order valence-electron chi connectivity index (χ3n) is 2.06. The molecule has 0 aliphatic rings. The fourth-order valence-electron chi connectivity index (χ4n) is 1.23. The molecule has 1 atom stereocenters. The molecule has 0 amide bonds. The molecular formula is C10H12FNO3. The lowest BCUT2D eigenvalue weighted by Gasteiger charge is -2.04. The quantitative estimate of drug-likeness (QED) is 0.615. The first-order chi connectivity index (χ1) is 7.00. The van der Waals surface area contributed by atoms with Crippen molar-refractivity contribution in [2.45, 2.75) is 25.9 Å². The lowest BCUT2D eigenvalue weighted by atomic mass is 10.1. The lowest BCUT2D eigenvalue weighted by molar-refractivity contribution is -0.387. The minimum Gasteiger partial charge on any atom is -0.393 e. The zero-order valence-electron chi connectivity index (χ0n) is 8.31. The summed E-state index contributed by atoms with van der Waals surface area (Å²) in [5, 5.41) is 19.5. The summed E-state index contributed by atoms with van der Waals surface area (Å²) in [4.78, 5) is 9.68. The van der Waals surface area contributed by atoms with Crippen LogP contribution in [0.4, 0.5) is 10.1 Å². The van der Waals surface area contributed by atoms with Crippen LogP contribution in [-0.4, -0.2) is 16.1 Å². The SMILES string of the molecule is C[C@@H](O)CCc1ccc(F)c([N+](=O)[O-])c1. The van der Waals surface area contributed by atoms with E-state index in [9.17, 15) is 14.5 Å². The molecular weight excluding hydrogens is 201 g/mol. The number of nitro groups is 1. The first kappa shape index (κ1) is 11.6. The molecule has 0 aromatic heterocycles. The van der Waals surface area contributed by atoms with Crippen LogP contribution in [0.15, 0.2) is 18.2 Å². The van der Waals surface area contributed by atoms with E-state index in [1.807, 2.05) is 0 Å². The summed E-state index contributed by atoms with van der Waals surface area (Å²) in [6, 6.07) is 3.78. The van der Waals surface area contributed by atoms with Crippen molar-refractivity contribution in [2.75, 3.05) is 0 Å². The molecule has 0 aliphatic carbocycles. The van der Waals surface area contributed by atoms with E-state index >= 15 is 0 Å². The molecule has 0 radical (unpaired) electrons. The highest BCUT2D eigenvalue weighted by molar-refractivity contribution is 5.36. The van der Waals surface area contributed by atoms with E-state index in [-0.39, 0.29) is 0 Å². The fourth-order valence-corrected chi connectivity index (χ4v) is 1.23. The molecule has 0 saturated heterocycles. The maximum atomic E-state index is 12.9. The van der Waals surface area contributed by atoms with Gasteiger partial charge in [-0.1, -0.05) is 6.07 Å². The minimum absolute atomic E-state index is 0.464. The fraction of sp³-hybridized carbons (Fsp3) is 0.400. The number of aryl methyl sites for hydroxylation is 1. The van der Waals surface area contributed by atoms with Crippen molar-refractivity contribution >= 4 is 5.69 Å². The van der Waals surface area contributed by atoms with Crippen LogP contribution in [0.25, 0.3) is 0 Å². The highest BCUT2D eigenvalue weighted by Crippen LogP contribution is 2.19. The van der Waals surface area contributed by atoms with Gasteiger partial charge in [-0.2, -0.15) is 4.39 Å². The molecule has 0 unspecified atom stereocenters. The van der Waals surface area contributed by atoms with Crippen molar-refractivity contribution < 1.29 is 14.4 Å². The van der Waals surface area contributed by atoms with Gasteiger partial charge in [-0.3, -0.25) is 10.1 Å². The maximum absolute atomic E-state index is 12.9. The normalized spacial score (nSPS) is 12.5. The van der Waals surface area contributed by atoms with Gasteiger partial charge in [0, 0.05) is 6.07 Å². The first-order valence-electron chi connectivity index (χ1n) is 4.61. The van der Waals surface area contributed by atoms with E-state index in [0.717, 1.165) is 6.07 Å². The molecule has 0 bridgehead atoms. The Hall–Kier alpha value is -1.49. The molecule has 1 aromatic rings. The number of nitrogens with zero attached hydrogens (tertiary/aromatic N) is 1. The van der Waals surface area contributed by atoms with Crippen molar-refractivity contribution in [3.05, 3.63) is 39.7 Å². The van der Waals surface area contributed by atoms with Crippen LogP contribution in [0.3, 0.4) is 0 Å². The Kier molecular flexibility index (Phi) is 3.74. The number of aliphatic hydroxyl groups excluding tert-OH is 1. The van der Waals surface area contributed by atoms with Crippen LogP contribution in [0.5, 0.6) is 0 Å². The van der Waals surface area contributed by atoms with Crippen molar-refractivity contribution in [1.29, 1.82) is 0 Å². The average Bonchev–Trinajstić information content (AvgIpc) is 2.16. The average molecular weight is 213 g/mol. The highest BCUT2D eigenvalue weighted by Gasteiger charge is 2.14. The van der Waals surface area contributed by atoms with E-state index < -0.39 is 22.5 Å². The number of halogens is 1. The van der Waals surface area contributed by atoms with Crippen LogP contribution in [0.2, 0.25) is 0 Å². The Bertz CT molecular complexity index is 366. The topological polar surface area (TPSA) is 63.4 Å². The molecule has 1 N–H and O–H groups in total. The minimum atomic E-state index is -0.833. The van der Waals surface area contributed by atoms with Gasteiger partial charge in [0.05, 0.1) is 11.0 Å². The summed E-state index contributed by atoms with van der Waals surface area (Å²) in [6.07, 6.45) is 0.538. The highest BCUT2D eigenvalue weighted by atomic mass is 19.1. The molecule has 15 heavy (non-hydrogen) atoms. The Morgan fingerprint density at radius 2 is 2.27 bits per heavy atom. The number of aliphatic hydroxyl groups is 1. The number of rotatable bonds is 4. The van der Waals surface area contributed by atoms with E-state index in [4.69, 9.17) is 5.11 Å². The molecule has 82 valence electrons. The molecule has 1 aromatic carbocycles. The number of hydrogen-bond acceptors (Lipinski definition) is 3. The predicted octanol–water partition coefficient (Wildman–Crippen LogP) is 2.05. The molecule has 0 saturated carbocycles. The van der Waals surface area contributed by atoms with Gasteiger partial charge in [0.25, 0.3) is 0 Å². The Labute approximate surface area is 86.5 Å². The van der Waals surface area contributed by atoms with Gasteiger partial charge in [0.1, 0.15) is 0 Å². The van der Waals surface area contributed by atoms with Gasteiger partial charge in [0.2, 0.25) is 5.82 Å². The van der Waals surface area contributed by atoms with Gasteiger partial charge in [0.15, 0.2) is 0 Å². The van der Waals surface area contributed by atoms with E-state index in [0.29, 0.717) is 18.4 Å². The standard InChI is InChI=1S/C10H12FNO3/c1-7(13)2-3-8-4-5-9(11)10(6-8)12(14)15/h4-7,13H,2-3H2,1H3/t7-/m1/s1. The Morgan fingerprint density at radius 1 is 1.60 bits per heavy atom. The zero-order valence-corrected chi connectivity index (χ0v) is 8.31. The molecule has 1 rings (SSSR count). The summed E-state index contributed by atoms with van der Waals surface area (Å²) in [5.41, 5.74) is 0.141. The monoisotopic (exact) mass is 213 g/mol. The van der Waals surface area contributed by atoms with E-state index in [1.165, 1.54) is 12.1 Å². The third kappa shape index (κ3) is 3.28. The molecule has 0 heterocycles. The van der Waals surface area contributed by atoms with Gasteiger partial charge >= 0.3 is 5.69 Å². The first-order valence-corrected chi connectivity index (χ1v) is 4.61. The van der Waals surface area contributed by atoms with Crippen LogP contribution in [-0.2, 0) is 6.42 Å². The molecule has 0 fully saturated rings. The van der Waals surface area contributed by atoms with E-state index in [1.54, 1.807) is 6.92 Å². The summed E-state index contributed by atoms with van der Waals surface area (Å²) in [6.45, 7) is 1.64. The molecule has 0 spiro atoms.